The van der Waals surface area contributed by atoms with E-state index >= 15 is 0 Å². The number of benzene rings is 1. The molecule has 0 unspecified atom stereocenters. The molecule has 2 N–H and O–H groups in total. The highest BCUT2D eigenvalue weighted by Gasteiger charge is 2.38. The van der Waals surface area contributed by atoms with E-state index in [4.69, 9.17) is 0 Å². The Balaban J connectivity index is 1.67. The fraction of sp³-hybridized carbons (Fsp3) is 0.562. The van der Waals surface area contributed by atoms with E-state index in [1.807, 2.05) is 6.92 Å². The van der Waals surface area contributed by atoms with Gasteiger partial charge in [-0.1, -0.05) is 12.1 Å². The molecule has 0 bridgehead atoms. The molecule has 1 aliphatic heterocycles. The Labute approximate surface area is 152 Å². The number of sulfonamides is 1. The van der Waals surface area contributed by atoms with Crippen molar-refractivity contribution < 1.29 is 23.0 Å². The summed E-state index contributed by atoms with van der Waals surface area (Å²) in [5.74, 6) is -0.00231. The van der Waals surface area contributed by atoms with Gasteiger partial charge in [0, 0.05) is 12.1 Å². The number of piperazine rings is 1. The first kappa shape index (κ1) is 18.7. The monoisotopic (exact) mass is 383 g/mol. The first-order valence-electron chi connectivity index (χ1n) is 8.69. The summed E-state index contributed by atoms with van der Waals surface area (Å²) in [4.78, 5) is 23.4. The number of carbonyl (C=O) groups excluding carboxylic acids is 1. The van der Waals surface area contributed by atoms with Crippen LogP contribution in [-0.2, 0) is 14.8 Å². The van der Waals surface area contributed by atoms with E-state index < -0.39 is 20.6 Å². The van der Waals surface area contributed by atoms with Crippen LogP contribution in [0.25, 0.3) is 0 Å². The van der Waals surface area contributed by atoms with E-state index in [2.05, 4.69) is 5.32 Å². The van der Waals surface area contributed by atoms with Gasteiger partial charge in [-0.2, -0.15) is 4.31 Å². The molecule has 0 aromatic heterocycles. The van der Waals surface area contributed by atoms with Crippen LogP contribution >= 0.6 is 0 Å². The summed E-state index contributed by atoms with van der Waals surface area (Å²) in [6.45, 7) is 3.27. The lowest BCUT2D eigenvalue weighted by Crippen LogP contribution is -3.19. The summed E-state index contributed by atoms with van der Waals surface area (Å²) in [5, 5.41) is 14.1. The van der Waals surface area contributed by atoms with Crippen molar-refractivity contribution in [1.82, 2.24) is 9.62 Å². The zero-order chi connectivity index (χ0) is 18.9. The molecule has 1 aliphatic carbocycles. The molecular formula is C16H23N4O5S+. The summed E-state index contributed by atoms with van der Waals surface area (Å²) in [6, 6.07) is 5.43. The van der Waals surface area contributed by atoms with Crippen LogP contribution in [0.15, 0.2) is 29.2 Å². The molecule has 26 heavy (non-hydrogen) atoms. The first-order valence-corrected chi connectivity index (χ1v) is 10.1. The molecule has 1 atom stereocenters. The van der Waals surface area contributed by atoms with Crippen LogP contribution < -0.4 is 10.2 Å². The zero-order valence-corrected chi connectivity index (χ0v) is 15.4. The van der Waals surface area contributed by atoms with Crippen LogP contribution in [0.4, 0.5) is 5.69 Å². The molecule has 9 nitrogen and oxygen atoms in total. The maximum absolute atomic E-state index is 12.8. The number of quaternary nitrogens is 1. The van der Waals surface area contributed by atoms with E-state index in [1.165, 1.54) is 28.6 Å². The van der Waals surface area contributed by atoms with Gasteiger partial charge in [-0.3, -0.25) is 14.9 Å². The molecule has 1 heterocycles. The lowest BCUT2D eigenvalue weighted by molar-refractivity contribution is -0.917. The molecule has 2 aliphatic rings. The largest absolute Gasteiger partial charge is 0.348 e. The van der Waals surface area contributed by atoms with Crippen molar-refractivity contribution in [1.29, 1.82) is 0 Å². The lowest BCUT2D eigenvalue weighted by Gasteiger charge is -2.34. The molecule has 1 amide bonds. The number of nitro benzene ring substituents is 1. The molecule has 10 heteroatoms. The summed E-state index contributed by atoms with van der Waals surface area (Å²) >= 11 is 0. The van der Waals surface area contributed by atoms with Gasteiger partial charge in [-0.05, 0) is 25.8 Å². The van der Waals surface area contributed by atoms with Gasteiger partial charge in [0.05, 0.1) is 31.1 Å². The average Bonchev–Trinajstić information content (AvgIpc) is 3.45. The third kappa shape index (κ3) is 3.87. The van der Waals surface area contributed by atoms with Crippen molar-refractivity contribution in [3.05, 3.63) is 34.4 Å². The third-order valence-electron chi connectivity index (χ3n) is 4.97. The number of nitro groups is 1. The van der Waals surface area contributed by atoms with Gasteiger partial charge in [-0.15, -0.1) is 0 Å². The molecule has 2 fully saturated rings. The maximum Gasteiger partial charge on any atom is 0.289 e. The zero-order valence-electron chi connectivity index (χ0n) is 14.6. The topological polar surface area (TPSA) is 114 Å². The summed E-state index contributed by atoms with van der Waals surface area (Å²) in [6.07, 6.45) is 2.05. The van der Waals surface area contributed by atoms with E-state index in [1.54, 1.807) is 0 Å². The quantitative estimate of drug-likeness (QED) is 0.491. The number of hydrogen-bond donors (Lipinski definition) is 2. The molecule has 0 spiro atoms. The van der Waals surface area contributed by atoms with Gasteiger partial charge in [0.2, 0.25) is 10.0 Å². The lowest BCUT2D eigenvalue weighted by atomic mass is 10.2. The maximum atomic E-state index is 12.8. The van der Waals surface area contributed by atoms with Gasteiger partial charge in [-0.25, -0.2) is 8.42 Å². The highest BCUT2D eigenvalue weighted by atomic mass is 32.2. The number of rotatable bonds is 6. The minimum absolute atomic E-state index is 0.00231. The highest BCUT2D eigenvalue weighted by Crippen LogP contribution is 2.26. The van der Waals surface area contributed by atoms with Gasteiger partial charge in [0.15, 0.2) is 10.9 Å². The number of carbonyl (C=O) groups is 1. The van der Waals surface area contributed by atoms with E-state index in [9.17, 15) is 23.3 Å². The van der Waals surface area contributed by atoms with Crippen molar-refractivity contribution in [3.8, 4) is 0 Å². The second-order valence-corrected chi connectivity index (χ2v) is 8.70. The number of hydrogen-bond acceptors (Lipinski definition) is 5. The van der Waals surface area contributed by atoms with Gasteiger partial charge in [0.25, 0.3) is 11.6 Å². The Morgan fingerprint density at radius 2 is 1.92 bits per heavy atom. The molecule has 1 aromatic rings. The van der Waals surface area contributed by atoms with E-state index in [0.717, 1.165) is 17.7 Å². The number of para-hydroxylation sites is 1. The predicted octanol–water partition coefficient (Wildman–Crippen LogP) is -0.849. The fourth-order valence-electron chi connectivity index (χ4n) is 3.15. The number of nitrogens with zero attached hydrogens (tertiary/aromatic N) is 2. The SMILES string of the molecule is C[C@@H](C(=O)NC1CC1)[NH+]1CCN(S(=O)(=O)c2ccccc2[N+](=O)[O-])CC1. The van der Waals surface area contributed by atoms with Crippen LogP contribution in [0.5, 0.6) is 0 Å². The minimum atomic E-state index is -3.94. The van der Waals surface area contributed by atoms with E-state index in [-0.39, 0.29) is 29.9 Å². The molecule has 142 valence electrons. The van der Waals surface area contributed by atoms with Crippen LogP contribution in [0.2, 0.25) is 0 Å². The van der Waals surface area contributed by atoms with Crippen LogP contribution in [0.1, 0.15) is 19.8 Å². The Hall–Kier alpha value is -2.04. The van der Waals surface area contributed by atoms with Crippen LogP contribution in [-0.4, -0.2) is 61.8 Å². The minimum Gasteiger partial charge on any atom is -0.348 e. The normalized spacial score (nSPS) is 20.5. The molecule has 1 saturated carbocycles. The first-order chi connectivity index (χ1) is 12.3. The second kappa shape index (κ2) is 7.29. The summed E-state index contributed by atoms with van der Waals surface area (Å²) in [5.41, 5.74) is -0.417. The van der Waals surface area contributed by atoms with Crippen molar-refractivity contribution >= 4 is 21.6 Å². The summed E-state index contributed by atoms with van der Waals surface area (Å²) in [7, 11) is -3.94. The summed E-state index contributed by atoms with van der Waals surface area (Å²) < 4.78 is 26.9. The fourth-order valence-corrected chi connectivity index (χ4v) is 4.75. The smallest absolute Gasteiger partial charge is 0.289 e. The van der Waals surface area contributed by atoms with Crippen LogP contribution in [0.3, 0.4) is 0 Å². The number of amides is 1. The second-order valence-electron chi connectivity index (χ2n) is 6.79. The Bertz CT molecular complexity index is 801. The molecule has 1 saturated heterocycles. The van der Waals surface area contributed by atoms with Crippen molar-refractivity contribution in [2.45, 2.75) is 36.7 Å². The molecule has 0 radical (unpaired) electrons. The Morgan fingerprint density at radius 3 is 2.50 bits per heavy atom. The molecule has 3 rings (SSSR count). The van der Waals surface area contributed by atoms with E-state index in [0.29, 0.717) is 19.1 Å². The van der Waals surface area contributed by atoms with Gasteiger partial charge < -0.3 is 10.2 Å². The third-order valence-corrected chi connectivity index (χ3v) is 6.92. The highest BCUT2D eigenvalue weighted by molar-refractivity contribution is 7.89. The van der Waals surface area contributed by atoms with Crippen molar-refractivity contribution in [3.63, 3.8) is 0 Å². The van der Waals surface area contributed by atoms with Crippen molar-refractivity contribution in [2.75, 3.05) is 26.2 Å². The Kier molecular flexibility index (Phi) is 5.26. The number of nitrogens with one attached hydrogen (secondary N) is 2. The standard InChI is InChI=1S/C16H22N4O5S/c1-12(16(21)17-13-6-7-13)18-8-10-19(11-9-18)26(24,25)15-5-3-2-4-14(15)20(22)23/h2-5,12-13H,6-11H2,1H3,(H,17,21)/p+1/t12-/m0/s1. The Morgan fingerprint density at radius 1 is 1.31 bits per heavy atom. The van der Waals surface area contributed by atoms with Gasteiger partial charge in [0.1, 0.15) is 0 Å². The molecule has 1 aromatic carbocycles. The van der Waals surface area contributed by atoms with Crippen LogP contribution in [0, 0.1) is 10.1 Å². The van der Waals surface area contributed by atoms with Gasteiger partial charge >= 0.3 is 0 Å². The average molecular weight is 383 g/mol. The van der Waals surface area contributed by atoms with Crippen molar-refractivity contribution in [2.24, 2.45) is 0 Å². The predicted molar refractivity (Wildman–Crippen MR) is 93.2 cm³/mol. The molecular weight excluding hydrogens is 360 g/mol.